The molecule has 0 saturated carbocycles. The summed E-state index contributed by atoms with van der Waals surface area (Å²) in [6.07, 6.45) is 8.50. The average molecular weight is 537 g/mol. The van der Waals surface area contributed by atoms with Gasteiger partial charge in [0.2, 0.25) is 0 Å². The smallest absolute Gasteiger partial charge is 0.309 e. The minimum Gasteiger partial charge on any atom is -0.457 e. The third-order valence-corrected chi connectivity index (χ3v) is 7.63. The Labute approximate surface area is 227 Å². The van der Waals surface area contributed by atoms with Crippen LogP contribution in [0.25, 0.3) is 0 Å². The molecule has 1 saturated heterocycles. The second kappa shape index (κ2) is 14.4. The van der Waals surface area contributed by atoms with Crippen LogP contribution in [-0.4, -0.2) is 69.5 Å². The number of ether oxygens (including phenoxy) is 3. The van der Waals surface area contributed by atoms with Crippen LogP contribution in [0, 0.1) is 17.8 Å². The Hall–Kier alpha value is -2.00. The number of carbonyl (C=O) groups excluding carboxylic acids is 2. The molecule has 0 aromatic rings. The highest BCUT2D eigenvalue weighted by Gasteiger charge is 2.45. The summed E-state index contributed by atoms with van der Waals surface area (Å²) < 4.78 is 16.9. The maximum Gasteiger partial charge on any atom is 0.309 e. The first kappa shape index (κ1) is 32.2. The highest BCUT2D eigenvalue weighted by molar-refractivity contribution is 5.70. The molecule has 0 spiro atoms. The van der Waals surface area contributed by atoms with E-state index in [1.165, 1.54) is 6.92 Å². The number of carbonyl (C=O) groups is 2. The molecule has 2 aliphatic rings. The number of cyclic esters (lactones) is 1. The van der Waals surface area contributed by atoms with Crippen LogP contribution in [0.2, 0.25) is 0 Å². The van der Waals surface area contributed by atoms with Crippen LogP contribution in [0.15, 0.2) is 36.0 Å². The SMILES string of the molecule is CCC(O)C(C)C1OC1CC(C)C=CC=C(C)C1OC(=O)CC(O)CC[C@@](C)(O)C(OC(C)=O)C=CC1C. The van der Waals surface area contributed by atoms with Crippen LogP contribution in [0.1, 0.15) is 80.6 Å². The van der Waals surface area contributed by atoms with E-state index < -0.39 is 35.9 Å². The topological polar surface area (TPSA) is 126 Å². The minimum atomic E-state index is -1.40. The van der Waals surface area contributed by atoms with Gasteiger partial charge >= 0.3 is 11.9 Å². The number of esters is 2. The largest absolute Gasteiger partial charge is 0.457 e. The van der Waals surface area contributed by atoms with Gasteiger partial charge in [-0.05, 0) is 57.1 Å². The van der Waals surface area contributed by atoms with E-state index in [1.54, 1.807) is 19.1 Å². The third kappa shape index (κ3) is 9.95. The Kier molecular flexibility index (Phi) is 12.2. The van der Waals surface area contributed by atoms with Gasteiger partial charge in [0.1, 0.15) is 17.8 Å². The maximum absolute atomic E-state index is 12.6. The summed E-state index contributed by atoms with van der Waals surface area (Å²) in [6, 6.07) is 0. The molecule has 216 valence electrons. The summed E-state index contributed by atoms with van der Waals surface area (Å²) >= 11 is 0. The van der Waals surface area contributed by atoms with E-state index in [2.05, 4.69) is 13.0 Å². The van der Waals surface area contributed by atoms with Crippen LogP contribution in [0.3, 0.4) is 0 Å². The van der Waals surface area contributed by atoms with Crippen LogP contribution >= 0.6 is 0 Å². The Bertz CT molecular complexity index is 875. The molecule has 8 heteroatoms. The monoisotopic (exact) mass is 536 g/mol. The van der Waals surface area contributed by atoms with E-state index in [0.717, 1.165) is 18.4 Å². The molecule has 1 fully saturated rings. The van der Waals surface area contributed by atoms with Gasteiger partial charge in [-0.3, -0.25) is 9.59 Å². The lowest BCUT2D eigenvalue weighted by molar-refractivity contribution is -0.157. The summed E-state index contributed by atoms with van der Waals surface area (Å²) in [7, 11) is 0. The molecular weight excluding hydrogens is 488 g/mol. The first-order valence-electron chi connectivity index (χ1n) is 13.9. The van der Waals surface area contributed by atoms with Gasteiger partial charge < -0.3 is 29.5 Å². The molecule has 10 atom stereocenters. The number of epoxide rings is 1. The van der Waals surface area contributed by atoms with Crippen molar-refractivity contribution in [1.82, 2.24) is 0 Å². The summed E-state index contributed by atoms with van der Waals surface area (Å²) in [5.74, 6) is -0.921. The van der Waals surface area contributed by atoms with Crippen molar-refractivity contribution in [3.8, 4) is 0 Å². The van der Waals surface area contributed by atoms with E-state index >= 15 is 0 Å². The predicted octanol–water partition coefficient (Wildman–Crippen LogP) is 4.02. The number of aliphatic hydroxyl groups is 3. The quantitative estimate of drug-likeness (QED) is 0.175. The molecule has 9 unspecified atom stereocenters. The Morgan fingerprint density at radius 3 is 2.61 bits per heavy atom. The van der Waals surface area contributed by atoms with E-state index in [0.29, 0.717) is 0 Å². The standard InChI is InChI=1S/C30H48O8/c1-8-24(33)21(5)29-25(37-29)16-18(2)10-9-11-19(3)28-20(4)12-13-26(36-22(6)31)30(7,35)15-14-23(32)17-27(34)38-28/h9-13,18,20-21,23-26,28-29,32-33,35H,8,14-17H2,1-7H3/t18?,20?,21?,23?,24?,25?,26?,28?,29?,30-/m1/s1. The summed E-state index contributed by atoms with van der Waals surface area (Å²) in [5.41, 5.74) is -0.580. The zero-order valence-electron chi connectivity index (χ0n) is 24.0. The number of allylic oxidation sites excluding steroid dienone is 3. The van der Waals surface area contributed by atoms with Crippen LogP contribution in [-0.2, 0) is 23.8 Å². The first-order chi connectivity index (χ1) is 17.7. The summed E-state index contributed by atoms with van der Waals surface area (Å²) in [6.45, 7) is 12.7. The molecule has 0 radical (unpaired) electrons. The van der Waals surface area contributed by atoms with E-state index in [1.807, 2.05) is 39.8 Å². The van der Waals surface area contributed by atoms with Gasteiger partial charge in [0.05, 0.1) is 30.8 Å². The van der Waals surface area contributed by atoms with Gasteiger partial charge in [-0.15, -0.1) is 0 Å². The molecule has 3 N–H and O–H groups in total. The van der Waals surface area contributed by atoms with Crippen molar-refractivity contribution in [1.29, 1.82) is 0 Å². The van der Waals surface area contributed by atoms with Crippen molar-refractivity contribution in [2.75, 3.05) is 0 Å². The summed E-state index contributed by atoms with van der Waals surface area (Å²) in [5, 5.41) is 31.3. The van der Waals surface area contributed by atoms with E-state index in [9.17, 15) is 24.9 Å². The molecular formula is C30H48O8. The van der Waals surface area contributed by atoms with Crippen LogP contribution < -0.4 is 0 Å². The third-order valence-electron chi connectivity index (χ3n) is 7.63. The van der Waals surface area contributed by atoms with Crippen molar-refractivity contribution in [2.24, 2.45) is 17.8 Å². The lowest BCUT2D eigenvalue weighted by Gasteiger charge is -2.32. The number of aliphatic hydroxyl groups excluding tert-OH is 2. The van der Waals surface area contributed by atoms with Crippen molar-refractivity contribution < 1.29 is 39.1 Å². The van der Waals surface area contributed by atoms with Gasteiger partial charge in [-0.25, -0.2) is 0 Å². The Balaban J connectivity index is 2.12. The van der Waals surface area contributed by atoms with Crippen molar-refractivity contribution in [2.45, 2.75) is 123 Å². The summed E-state index contributed by atoms with van der Waals surface area (Å²) in [4.78, 5) is 24.2. The zero-order chi connectivity index (χ0) is 28.6. The minimum absolute atomic E-state index is 0.105. The van der Waals surface area contributed by atoms with Gasteiger partial charge in [0.25, 0.3) is 0 Å². The maximum atomic E-state index is 12.6. The van der Waals surface area contributed by atoms with Crippen molar-refractivity contribution in [3.05, 3.63) is 36.0 Å². The molecule has 0 bridgehead atoms. The van der Waals surface area contributed by atoms with Gasteiger partial charge in [-0.2, -0.15) is 0 Å². The van der Waals surface area contributed by atoms with Crippen LogP contribution in [0.5, 0.6) is 0 Å². The highest BCUT2D eigenvalue weighted by Crippen LogP contribution is 2.36. The molecule has 0 aromatic heterocycles. The highest BCUT2D eigenvalue weighted by atomic mass is 16.6. The number of rotatable bonds is 9. The number of hydrogen-bond acceptors (Lipinski definition) is 8. The fourth-order valence-corrected chi connectivity index (χ4v) is 4.97. The number of hydrogen-bond donors (Lipinski definition) is 3. The fourth-order valence-electron chi connectivity index (χ4n) is 4.97. The second-order valence-corrected chi connectivity index (χ2v) is 11.4. The lowest BCUT2D eigenvalue weighted by atomic mass is 9.88. The molecule has 2 rings (SSSR count). The normalized spacial score (nSPS) is 35.5. The average Bonchev–Trinajstić information content (AvgIpc) is 3.60. The lowest BCUT2D eigenvalue weighted by Crippen LogP contribution is -2.42. The first-order valence-corrected chi connectivity index (χ1v) is 13.9. The van der Waals surface area contributed by atoms with E-state index in [4.69, 9.17) is 14.2 Å². The van der Waals surface area contributed by atoms with Crippen LogP contribution in [0.4, 0.5) is 0 Å². The fraction of sp³-hybridized carbons (Fsp3) is 0.733. The Morgan fingerprint density at radius 1 is 1.29 bits per heavy atom. The molecule has 38 heavy (non-hydrogen) atoms. The molecule has 2 heterocycles. The van der Waals surface area contributed by atoms with Crippen molar-refractivity contribution >= 4 is 11.9 Å². The predicted molar refractivity (Wildman–Crippen MR) is 145 cm³/mol. The van der Waals surface area contributed by atoms with E-state index in [-0.39, 0.29) is 55.3 Å². The Morgan fingerprint density at radius 2 is 1.97 bits per heavy atom. The molecule has 2 aliphatic heterocycles. The molecule has 0 aliphatic carbocycles. The van der Waals surface area contributed by atoms with Gasteiger partial charge in [0.15, 0.2) is 0 Å². The van der Waals surface area contributed by atoms with Gasteiger partial charge in [-0.1, -0.05) is 52.0 Å². The van der Waals surface area contributed by atoms with Gasteiger partial charge in [0, 0.05) is 18.8 Å². The van der Waals surface area contributed by atoms with Crippen molar-refractivity contribution in [3.63, 3.8) is 0 Å². The molecule has 8 nitrogen and oxygen atoms in total. The molecule has 0 aromatic carbocycles. The molecule has 0 amide bonds. The zero-order valence-corrected chi connectivity index (χ0v) is 24.0. The second-order valence-electron chi connectivity index (χ2n) is 11.4.